The quantitative estimate of drug-likeness (QED) is 0.541. The van der Waals surface area contributed by atoms with Crippen molar-refractivity contribution in [3.05, 3.63) is 57.6 Å². The number of aldehydes is 1. The van der Waals surface area contributed by atoms with Gasteiger partial charge in [-0.15, -0.1) is 0 Å². The molecule has 148 valence electrons. The van der Waals surface area contributed by atoms with E-state index >= 15 is 0 Å². The molecule has 0 radical (unpaired) electrons. The zero-order valence-corrected chi connectivity index (χ0v) is 18.0. The molecule has 4 nitrogen and oxygen atoms in total. The lowest BCUT2D eigenvalue weighted by Crippen LogP contribution is -2.41. The fraction of sp³-hybridized carbons (Fsp3) is 0.409. The average Bonchev–Trinajstić information content (AvgIpc) is 2.84. The van der Waals surface area contributed by atoms with Crippen LogP contribution in [0.5, 0.6) is 5.75 Å². The summed E-state index contributed by atoms with van der Waals surface area (Å²) in [6, 6.07) is 9.47. The lowest BCUT2D eigenvalue weighted by atomic mass is 9.75. The summed E-state index contributed by atoms with van der Waals surface area (Å²) in [6.07, 6.45) is 0.795. The van der Waals surface area contributed by atoms with Crippen molar-refractivity contribution in [2.45, 2.75) is 59.4 Å². The Kier molecular flexibility index (Phi) is 5.63. The molecule has 1 fully saturated rings. The van der Waals surface area contributed by atoms with Crippen molar-refractivity contribution in [2.24, 2.45) is 0 Å². The first kappa shape index (κ1) is 20.9. The lowest BCUT2D eigenvalue weighted by molar-refractivity contribution is 0.00578. The van der Waals surface area contributed by atoms with Gasteiger partial charge in [-0.1, -0.05) is 29.8 Å². The Balaban J connectivity index is 1.81. The maximum Gasteiger partial charge on any atom is 0.495 e. The van der Waals surface area contributed by atoms with E-state index in [-0.39, 0.29) is 11.2 Å². The molecule has 3 rings (SSSR count). The smallest absolute Gasteiger partial charge is 0.487 e. The molecule has 2 aromatic carbocycles. The van der Waals surface area contributed by atoms with Gasteiger partial charge in [0, 0.05) is 5.56 Å². The predicted octanol–water partition coefficient (Wildman–Crippen LogP) is 4.65. The summed E-state index contributed by atoms with van der Waals surface area (Å²) in [6.45, 7) is 12.4. The molecule has 0 saturated carbocycles. The van der Waals surface area contributed by atoms with Crippen LogP contribution in [-0.2, 0) is 15.9 Å². The minimum Gasteiger partial charge on any atom is -0.487 e. The predicted molar refractivity (Wildman–Crippen MR) is 113 cm³/mol. The molecule has 0 spiro atoms. The van der Waals surface area contributed by atoms with E-state index in [4.69, 9.17) is 25.6 Å². The van der Waals surface area contributed by atoms with E-state index in [1.54, 1.807) is 12.1 Å². The van der Waals surface area contributed by atoms with Crippen molar-refractivity contribution in [2.75, 3.05) is 0 Å². The number of carbonyl (C=O) groups excluding carboxylic acids is 1. The number of benzene rings is 2. The fourth-order valence-electron chi connectivity index (χ4n) is 3.15. The SMILES string of the molecule is Cc1c(COc2ccc(C=O)c(C)c2Cl)cccc1B1OC(C)(C)C(C)(C)O1. The number of rotatable bonds is 5. The van der Waals surface area contributed by atoms with Crippen LogP contribution in [0.2, 0.25) is 5.02 Å². The number of carbonyl (C=O) groups is 1. The Morgan fingerprint density at radius 2 is 1.68 bits per heavy atom. The van der Waals surface area contributed by atoms with Crippen LogP contribution in [0, 0.1) is 13.8 Å². The van der Waals surface area contributed by atoms with E-state index < -0.39 is 7.12 Å². The van der Waals surface area contributed by atoms with Gasteiger partial charge in [-0.2, -0.15) is 0 Å². The first-order chi connectivity index (χ1) is 13.1. The van der Waals surface area contributed by atoms with Gasteiger partial charge < -0.3 is 14.0 Å². The highest BCUT2D eigenvalue weighted by molar-refractivity contribution is 6.62. The van der Waals surface area contributed by atoms with Gasteiger partial charge in [0.05, 0.1) is 16.2 Å². The highest BCUT2D eigenvalue weighted by Gasteiger charge is 2.52. The second-order valence-corrected chi connectivity index (χ2v) is 8.60. The monoisotopic (exact) mass is 400 g/mol. The molecule has 6 heteroatoms. The van der Waals surface area contributed by atoms with E-state index in [2.05, 4.69) is 0 Å². The summed E-state index contributed by atoms with van der Waals surface area (Å²) in [5, 5.41) is 0.462. The Bertz CT molecular complexity index is 892. The van der Waals surface area contributed by atoms with Gasteiger partial charge in [0.25, 0.3) is 0 Å². The summed E-state index contributed by atoms with van der Waals surface area (Å²) in [4.78, 5) is 11.0. The van der Waals surface area contributed by atoms with E-state index in [0.717, 1.165) is 28.4 Å². The molecule has 0 unspecified atom stereocenters. The Hall–Kier alpha value is -1.82. The van der Waals surface area contributed by atoms with Crippen LogP contribution in [0.15, 0.2) is 30.3 Å². The lowest BCUT2D eigenvalue weighted by Gasteiger charge is -2.32. The molecule has 0 aliphatic carbocycles. The third-order valence-corrected chi connectivity index (χ3v) is 6.37. The molecule has 1 aliphatic heterocycles. The van der Waals surface area contributed by atoms with Gasteiger partial charge in [-0.25, -0.2) is 0 Å². The Morgan fingerprint density at radius 3 is 2.29 bits per heavy atom. The number of halogens is 1. The van der Waals surface area contributed by atoms with Crippen LogP contribution in [0.3, 0.4) is 0 Å². The number of ether oxygens (including phenoxy) is 1. The van der Waals surface area contributed by atoms with E-state index in [1.807, 2.05) is 59.7 Å². The Morgan fingerprint density at radius 1 is 1.04 bits per heavy atom. The van der Waals surface area contributed by atoms with Gasteiger partial charge in [0.2, 0.25) is 0 Å². The van der Waals surface area contributed by atoms with Crippen LogP contribution in [-0.4, -0.2) is 24.6 Å². The summed E-state index contributed by atoms with van der Waals surface area (Å²) >= 11 is 6.36. The zero-order chi connectivity index (χ0) is 20.7. The third kappa shape index (κ3) is 3.71. The van der Waals surface area contributed by atoms with E-state index in [9.17, 15) is 4.79 Å². The molecular weight excluding hydrogens is 375 g/mol. The Labute approximate surface area is 172 Å². The maximum atomic E-state index is 11.0. The first-order valence-electron chi connectivity index (χ1n) is 9.38. The average molecular weight is 401 g/mol. The topological polar surface area (TPSA) is 44.8 Å². The van der Waals surface area contributed by atoms with Crippen molar-refractivity contribution < 1.29 is 18.8 Å². The first-order valence-corrected chi connectivity index (χ1v) is 9.76. The summed E-state index contributed by atoms with van der Waals surface area (Å²) in [5.41, 5.74) is 3.61. The van der Waals surface area contributed by atoms with Crippen molar-refractivity contribution in [3.63, 3.8) is 0 Å². The zero-order valence-electron chi connectivity index (χ0n) is 17.3. The van der Waals surface area contributed by atoms with Gasteiger partial charge in [-0.05, 0) is 75.8 Å². The second kappa shape index (κ2) is 7.55. The molecule has 0 N–H and O–H groups in total. The molecule has 1 heterocycles. The van der Waals surface area contributed by atoms with Crippen molar-refractivity contribution >= 4 is 30.5 Å². The molecule has 2 aromatic rings. The molecule has 1 saturated heterocycles. The summed E-state index contributed by atoms with van der Waals surface area (Å²) in [7, 11) is -0.414. The standard InChI is InChI=1S/C22H26BClO4/c1-14-17(13-26-19-11-10-16(12-25)15(2)20(19)24)8-7-9-18(14)23-27-21(3,4)22(5,6)28-23/h7-12H,13H2,1-6H3. The summed E-state index contributed by atoms with van der Waals surface area (Å²) in [5.74, 6) is 0.560. The van der Waals surface area contributed by atoms with Crippen LogP contribution >= 0.6 is 11.6 Å². The van der Waals surface area contributed by atoms with Crippen molar-refractivity contribution in [1.29, 1.82) is 0 Å². The highest BCUT2D eigenvalue weighted by atomic mass is 35.5. The molecule has 0 amide bonds. The fourth-order valence-corrected chi connectivity index (χ4v) is 3.38. The van der Waals surface area contributed by atoms with Gasteiger partial charge >= 0.3 is 7.12 Å². The highest BCUT2D eigenvalue weighted by Crippen LogP contribution is 2.37. The van der Waals surface area contributed by atoms with E-state index in [1.165, 1.54) is 0 Å². The van der Waals surface area contributed by atoms with Crippen LogP contribution in [0.25, 0.3) is 0 Å². The molecule has 0 bridgehead atoms. The van der Waals surface area contributed by atoms with E-state index in [0.29, 0.717) is 22.9 Å². The van der Waals surface area contributed by atoms with Crippen LogP contribution in [0.1, 0.15) is 54.7 Å². The largest absolute Gasteiger partial charge is 0.495 e. The van der Waals surface area contributed by atoms with Gasteiger partial charge in [0.15, 0.2) is 0 Å². The molecule has 1 aliphatic rings. The minimum atomic E-state index is -0.414. The summed E-state index contributed by atoms with van der Waals surface area (Å²) < 4.78 is 18.3. The van der Waals surface area contributed by atoms with Crippen LogP contribution in [0.4, 0.5) is 0 Å². The molecular formula is C22H26BClO4. The molecule has 0 aromatic heterocycles. The maximum absolute atomic E-state index is 11.0. The minimum absolute atomic E-state index is 0.360. The number of hydrogen-bond acceptors (Lipinski definition) is 4. The van der Waals surface area contributed by atoms with Gasteiger partial charge in [-0.3, -0.25) is 4.79 Å². The van der Waals surface area contributed by atoms with Crippen molar-refractivity contribution in [3.8, 4) is 5.75 Å². The molecule has 28 heavy (non-hydrogen) atoms. The second-order valence-electron chi connectivity index (χ2n) is 8.22. The van der Waals surface area contributed by atoms with Crippen LogP contribution < -0.4 is 10.2 Å². The van der Waals surface area contributed by atoms with Gasteiger partial charge in [0.1, 0.15) is 18.6 Å². The molecule has 0 atom stereocenters. The third-order valence-electron chi connectivity index (χ3n) is 5.90. The van der Waals surface area contributed by atoms with Crippen molar-refractivity contribution in [1.82, 2.24) is 0 Å². The number of hydrogen-bond donors (Lipinski definition) is 0. The normalized spacial score (nSPS) is 17.6.